The molecule has 192 valence electrons. The van der Waals surface area contributed by atoms with Crippen LogP contribution in [0.2, 0.25) is 10.0 Å². The Morgan fingerprint density at radius 2 is 1.97 bits per heavy atom. The Morgan fingerprint density at radius 1 is 1.20 bits per heavy atom. The van der Waals surface area contributed by atoms with Crippen LogP contribution < -0.4 is 5.32 Å². The van der Waals surface area contributed by atoms with Crippen molar-refractivity contribution in [1.82, 2.24) is 15.1 Å². The number of halogens is 2. The molecular weight excluding hydrogens is 486 g/mol. The van der Waals surface area contributed by atoms with Gasteiger partial charge in [-0.15, -0.1) is 0 Å². The standard InChI is InChI=1S/C25H37BCl2N4O3/c27-21-8-7-19(22(28)16-21)15-23(30-10-4-9-29-18-26-35)25(34)32-13-11-31(12-14-32)24-6-3-1-2-5-20(24)17-33/h7-8,16,18,20,23-24,30,33H,1-6,9-15,17H2/t20?,23-,24?/m1/s1. The number of amides is 1. The molecule has 1 aromatic carbocycles. The van der Waals surface area contributed by atoms with Gasteiger partial charge in [0.05, 0.1) is 0 Å². The third kappa shape index (κ3) is 8.64. The minimum atomic E-state index is -0.404. The molecule has 1 saturated heterocycles. The van der Waals surface area contributed by atoms with E-state index in [9.17, 15) is 14.6 Å². The topological polar surface area (TPSA) is 85.2 Å². The molecule has 10 heteroatoms. The van der Waals surface area contributed by atoms with Gasteiger partial charge in [-0.1, -0.05) is 30.9 Å². The van der Waals surface area contributed by atoms with E-state index in [1.807, 2.05) is 11.0 Å². The Kier molecular flexibility index (Phi) is 12.2. The second kappa shape index (κ2) is 15.1. The second-order valence-electron chi connectivity index (χ2n) is 9.50. The van der Waals surface area contributed by atoms with Crippen molar-refractivity contribution in [2.75, 3.05) is 45.9 Å². The molecule has 1 aliphatic heterocycles. The molecule has 1 aliphatic carbocycles. The molecule has 3 atom stereocenters. The van der Waals surface area contributed by atoms with Crippen LogP contribution in [0, 0.1) is 5.92 Å². The van der Waals surface area contributed by atoms with Crippen molar-refractivity contribution < 1.29 is 14.6 Å². The van der Waals surface area contributed by atoms with Crippen LogP contribution in [-0.2, 0) is 15.9 Å². The van der Waals surface area contributed by atoms with Gasteiger partial charge >= 0.3 is 152 Å². The molecule has 1 saturated carbocycles. The Labute approximate surface area is 219 Å². The van der Waals surface area contributed by atoms with Crippen molar-refractivity contribution >= 4 is 42.4 Å². The molecule has 2 aliphatic rings. The van der Waals surface area contributed by atoms with Crippen LogP contribution in [0.5, 0.6) is 0 Å². The Bertz CT molecular complexity index is 852. The number of nitrogens with one attached hydrogen (secondary N) is 1. The summed E-state index contributed by atoms with van der Waals surface area (Å²) in [5.41, 5.74) is 0.878. The predicted molar refractivity (Wildman–Crippen MR) is 142 cm³/mol. The zero-order chi connectivity index (χ0) is 25.0. The van der Waals surface area contributed by atoms with Gasteiger partial charge in [-0.25, -0.2) is 0 Å². The van der Waals surface area contributed by atoms with Crippen molar-refractivity contribution in [1.29, 1.82) is 0 Å². The predicted octanol–water partition coefficient (Wildman–Crippen LogP) is 3.05. The van der Waals surface area contributed by atoms with Crippen molar-refractivity contribution in [2.24, 2.45) is 10.9 Å². The van der Waals surface area contributed by atoms with E-state index in [1.54, 1.807) is 12.1 Å². The van der Waals surface area contributed by atoms with Gasteiger partial charge in [-0.3, -0.25) is 0 Å². The third-order valence-corrected chi connectivity index (χ3v) is 7.79. The third-order valence-electron chi connectivity index (χ3n) is 7.21. The number of benzene rings is 1. The molecule has 1 aromatic rings. The van der Waals surface area contributed by atoms with E-state index >= 15 is 0 Å². The van der Waals surface area contributed by atoms with Crippen LogP contribution in [0.4, 0.5) is 0 Å². The molecule has 1 heterocycles. The van der Waals surface area contributed by atoms with Crippen LogP contribution in [0.25, 0.3) is 0 Å². The van der Waals surface area contributed by atoms with E-state index in [0.717, 1.165) is 37.9 Å². The first-order chi connectivity index (χ1) is 17.0. The first kappa shape index (κ1) is 28.3. The van der Waals surface area contributed by atoms with Crippen molar-refractivity contribution in [2.45, 2.75) is 57.0 Å². The van der Waals surface area contributed by atoms with E-state index < -0.39 is 6.04 Å². The number of hydrogen-bond acceptors (Lipinski definition) is 6. The summed E-state index contributed by atoms with van der Waals surface area (Å²) in [6, 6.07) is 5.38. The number of rotatable bonds is 11. The Balaban J connectivity index is 1.61. The number of aliphatic imine (C=N–C) groups is 1. The van der Waals surface area contributed by atoms with Crippen LogP contribution in [0.15, 0.2) is 23.2 Å². The number of piperazine rings is 1. The van der Waals surface area contributed by atoms with Crippen molar-refractivity contribution in [3.05, 3.63) is 33.8 Å². The molecule has 0 radical (unpaired) electrons. The molecule has 0 aromatic heterocycles. The summed E-state index contributed by atoms with van der Waals surface area (Å²) in [5, 5.41) is 14.4. The van der Waals surface area contributed by atoms with E-state index in [1.165, 1.54) is 25.4 Å². The average molecular weight is 523 g/mol. The fourth-order valence-corrected chi connectivity index (χ4v) is 5.76. The molecule has 0 bridgehead atoms. The van der Waals surface area contributed by atoms with Gasteiger partial charge in [0, 0.05) is 12.6 Å². The van der Waals surface area contributed by atoms with Crippen molar-refractivity contribution in [3.8, 4) is 0 Å². The minimum absolute atomic E-state index is 0.0756. The van der Waals surface area contributed by atoms with Gasteiger partial charge in [0.2, 0.25) is 0 Å². The van der Waals surface area contributed by atoms with Crippen LogP contribution in [-0.4, -0.2) is 92.0 Å². The molecule has 2 N–H and O–H groups in total. The molecule has 7 nitrogen and oxygen atoms in total. The number of carbonyl (C=O) groups excluding carboxylic acids is 1. The fraction of sp³-hybridized carbons (Fsp3) is 0.680. The number of carbonyl (C=O) groups is 1. The van der Waals surface area contributed by atoms with E-state index in [0.29, 0.717) is 61.8 Å². The molecular formula is C25H37BCl2N4O3. The van der Waals surface area contributed by atoms with E-state index in [2.05, 4.69) is 15.2 Å². The molecule has 1 amide bonds. The van der Waals surface area contributed by atoms with Gasteiger partial charge < -0.3 is 5.11 Å². The number of nitrogens with zero attached hydrogens (tertiary/aromatic N) is 3. The van der Waals surface area contributed by atoms with E-state index in [-0.39, 0.29) is 12.5 Å². The summed E-state index contributed by atoms with van der Waals surface area (Å²) in [7, 11) is 0.666. The summed E-state index contributed by atoms with van der Waals surface area (Å²) in [6.45, 7) is 4.42. The van der Waals surface area contributed by atoms with E-state index in [4.69, 9.17) is 23.2 Å². The average Bonchev–Trinajstić information content (AvgIpc) is 3.12. The molecule has 3 rings (SSSR count). The number of aliphatic hydroxyl groups is 1. The zero-order valence-electron chi connectivity index (χ0n) is 20.4. The Morgan fingerprint density at radius 3 is 2.69 bits per heavy atom. The van der Waals surface area contributed by atoms with Crippen LogP contribution in [0.1, 0.15) is 44.1 Å². The molecule has 2 fully saturated rings. The van der Waals surface area contributed by atoms with Crippen LogP contribution in [0.3, 0.4) is 0 Å². The first-order valence-corrected chi connectivity index (χ1v) is 13.5. The molecule has 35 heavy (non-hydrogen) atoms. The van der Waals surface area contributed by atoms with Gasteiger partial charge in [-0.2, -0.15) is 0 Å². The quantitative estimate of drug-likeness (QED) is 0.202. The first-order valence-electron chi connectivity index (χ1n) is 12.8. The molecule has 2 unspecified atom stereocenters. The molecule has 0 spiro atoms. The monoisotopic (exact) mass is 522 g/mol. The number of aliphatic hydroxyl groups excluding tert-OH is 1. The summed E-state index contributed by atoms with van der Waals surface area (Å²) >= 11 is 12.5. The fourth-order valence-electron chi connectivity index (χ4n) is 5.27. The van der Waals surface area contributed by atoms with Gasteiger partial charge in [0.15, 0.2) is 0 Å². The Hall–Kier alpha value is -1.32. The summed E-state index contributed by atoms with van der Waals surface area (Å²) in [4.78, 5) is 22.0. The maximum atomic E-state index is 13.6. The summed E-state index contributed by atoms with van der Waals surface area (Å²) in [5.74, 6) is 0.412. The second-order valence-corrected chi connectivity index (χ2v) is 10.3. The van der Waals surface area contributed by atoms with Crippen LogP contribution >= 0.6 is 23.2 Å². The van der Waals surface area contributed by atoms with Gasteiger partial charge in [-0.05, 0) is 18.8 Å². The summed E-state index contributed by atoms with van der Waals surface area (Å²) < 4.78 is 10.4. The maximum absolute atomic E-state index is 13.6. The zero-order valence-corrected chi connectivity index (χ0v) is 21.9. The normalized spacial score (nSPS) is 22.7. The van der Waals surface area contributed by atoms with Gasteiger partial charge in [0.1, 0.15) is 0 Å². The van der Waals surface area contributed by atoms with Gasteiger partial charge in [0.25, 0.3) is 0 Å². The number of hydrogen-bond donors (Lipinski definition) is 2. The van der Waals surface area contributed by atoms with Crippen molar-refractivity contribution in [3.63, 3.8) is 0 Å². The SMILES string of the molecule is O=BC=NCCCN[C@H](Cc1ccc(Cl)cc1Cl)C(=O)N1CCN(C2CCCCCC2CO)CC1. The summed E-state index contributed by atoms with van der Waals surface area (Å²) in [6.07, 6.45) is 8.32.